The van der Waals surface area contributed by atoms with Crippen LogP contribution in [-0.2, 0) is 15.8 Å². The molecule has 0 radical (unpaired) electrons. The van der Waals surface area contributed by atoms with Gasteiger partial charge >= 0.3 is 6.18 Å². The minimum Gasteiger partial charge on any atom is -0.507 e. The van der Waals surface area contributed by atoms with Crippen LogP contribution in [0.4, 0.5) is 24.5 Å². The second kappa shape index (κ2) is 9.17. The number of Topliss-reactive ketones (excluding diaryl/α,β-unsaturated/α-hetero) is 1. The number of aliphatic hydroxyl groups excluding tert-OH is 1. The SMILES string of the molecule is COc1cccc(C2/C(=C(\O)c3ccc([N+](=O)[O-])cc3)C(=O)C(=O)N2c2cccc(C(F)(F)F)c2)c1. The van der Waals surface area contributed by atoms with Crippen LogP contribution in [0.5, 0.6) is 5.75 Å². The van der Waals surface area contributed by atoms with Crippen molar-refractivity contribution in [3.05, 3.63) is 105 Å². The van der Waals surface area contributed by atoms with Gasteiger partial charge in [0, 0.05) is 23.4 Å². The summed E-state index contributed by atoms with van der Waals surface area (Å²) in [6.07, 6.45) is -4.70. The number of amides is 1. The van der Waals surface area contributed by atoms with Crippen molar-refractivity contribution in [1.29, 1.82) is 0 Å². The number of nitrogens with zero attached hydrogens (tertiary/aromatic N) is 2. The fourth-order valence-corrected chi connectivity index (χ4v) is 3.95. The second-order valence-electron chi connectivity index (χ2n) is 7.80. The van der Waals surface area contributed by atoms with Crippen molar-refractivity contribution in [2.75, 3.05) is 12.0 Å². The van der Waals surface area contributed by atoms with E-state index in [1.54, 1.807) is 12.1 Å². The molecule has 184 valence electrons. The zero-order valence-electron chi connectivity index (χ0n) is 18.5. The standard InChI is InChI=1S/C25H17F3N2O6/c1-36-19-7-2-4-15(12-19)21-20(22(31)14-8-10-17(11-9-14)30(34)35)23(32)24(33)29(21)18-6-3-5-16(13-18)25(26,27)28/h2-13,21,31H,1H3/b22-20+. The van der Waals surface area contributed by atoms with E-state index in [0.717, 1.165) is 35.2 Å². The smallest absolute Gasteiger partial charge is 0.416 e. The highest BCUT2D eigenvalue weighted by atomic mass is 19.4. The second-order valence-corrected chi connectivity index (χ2v) is 7.80. The van der Waals surface area contributed by atoms with Gasteiger partial charge in [-0.05, 0) is 48.0 Å². The Morgan fingerprint density at radius 1 is 1.03 bits per heavy atom. The number of aliphatic hydroxyl groups is 1. The Hall–Kier alpha value is -4.67. The topological polar surface area (TPSA) is 110 Å². The first-order valence-electron chi connectivity index (χ1n) is 10.4. The van der Waals surface area contributed by atoms with E-state index in [1.165, 1.54) is 37.4 Å². The van der Waals surface area contributed by atoms with Crippen LogP contribution in [0.1, 0.15) is 22.7 Å². The van der Waals surface area contributed by atoms with Crippen molar-refractivity contribution in [2.24, 2.45) is 0 Å². The van der Waals surface area contributed by atoms with Crippen LogP contribution in [0, 0.1) is 10.1 Å². The molecule has 1 heterocycles. The Kier molecular flexibility index (Phi) is 6.23. The maximum atomic E-state index is 13.4. The summed E-state index contributed by atoms with van der Waals surface area (Å²) >= 11 is 0. The van der Waals surface area contributed by atoms with Crippen molar-refractivity contribution in [1.82, 2.24) is 0 Å². The van der Waals surface area contributed by atoms with Gasteiger partial charge in [0.05, 0.1) is 29.2 Å². The summed E-state index contributed by atoms with van der Waals surface area (Å²) in [7, 11) is 1.39. The Bertz CT molecular complexity index is 1400. The molecule has 36 heavy (non-hydrogen) atoms. The first-order chi connectivity index (χ1) is 17.0. The lowest BCUT2D eigenvalue weighted by atomic mass is 9.95. The zero-order chi connectivity index (χ0) is 26.2. The van der Waals surface area contributed by atoms with Crippen LogP contribution < -0.4 is 9.64 Å². The van der Waals surface area contributed by atoms with Crippen LogP contribution in [-0.4, -0.2) is 28.8 Å². The molecule has 3 aromatic rings. The van der Waals surface area contributed by atoms with Crippen LogP contribution in [0.15, 0.2) is 78.4 Å². The minimum atomic E-state index is -4.70. The summed E-state index contributed by atoms with van der Waals surface area (Å²) in [6, 6.07) is 13.4. The molecule has 1 atom stereocenters. The van der Waals surface area contributed by atoms with Gasteiger partial charge in [-0.2, -0.15) is 13.2 Å². The molecule has 1 aliphatic heterocycles. The maximum absolute atomic E-state index is 13.4. The lowest BCUT2D eigenvalue weighted by Gasteiger charge is -2.26. The summed E-state index contributed by atoms with van der Waals surface area (Å²) in [5.41, 5.74) is -1.59. The summed E-state index contributed by atoms with van der Waals surface area (Å²) < 4.78 is 45.3. The molecule has 0 aromatic heterocycles. The van der Waals surface area contributed by atoms with Crippen LogP contribution >= 0.6 is 0 Å². The third kappa shape index (κ3) is 4.38. The van der Waals surface area contributed by atoms with Gasteiger partial charge < -0.3 is 9.84 Å². The number of anilines is 1. The van der Waals surface area contributed by atoms with Gasteiger partial charge in [0.15, 0.2) is 0 Å². The largest absolute Gasteiger partial charge is 0.507 e. The van der Waals surface area contributed by atoms with E-state index < -0.39 is 40.2 Å². The summed E-state index contributed by atoms with van der Waals surface area (Å²) in [5.74, 6) is -2.57. The molecule has 0 saturated carbocycles. The zero-order valence-corrected chi connectivity index (χ0v) is 18.5. The van der Waals surface area contributed by atoms with Crippen molar-refractivity contribution in [3.8, 4) is 5.75 Å². The monoisotopic (exact) mass is 498 g/mol. The normalized spacial score (nSPS) is 17.3. The van der Waals surface area contributed by atoms with E-state index in [9.17, 15) is 38.0 Å². The van der Waals surface area contributed by atoms with Gasteiger partial charge in [0.25, 0.3) is 17.4 Å². The van der Waals surface area contributed by atoms with Gasteiger partial charge in [0.2, 0.25) is 0 Å². The van der Waals surface area contributed by atoms with Gasteiger partial charge in [-0.3, -0.25) is 24.6 Å². The summed E-state index contributed by atoms with van der Waals surface area (Å²) in [4.78, 5) is 37.4. The van der Waals surface area contributed by atoms with Crippen molar-refractivity contribution in [2.45, 2.75) is 12.2 Å². The van der Waals surface area contributed by atoms with Crippen LogP contribution in [0.3, 0.4) is 0 Å². The molecule has 1 saturated heterocycles. The van der Waals surface area contributed by atoms with Crippen molar-refractivity contribution < 1.29 is 37.5 Å². The predicted molar refractivity (Wildman–Crippen MR) is 122 cm³/mol. The summed E-state index contributed by atoms with van der Waals surface area (Å²) in [5, 5.41) is 22.0. The fourth-order valence-electron chi connectivity index (χ4n) is 3.95. The number of non-ortho nitro benzene ring substituents is 1. The molecule has 11 heteroatoms. The van der Waals surface area contributed by atoms with Gasteiger partial charge in [-0.1, -0.05) is 18.2 Å². The molecule has 1 unspecified atom stereocenters. The number of ether oxygens (including phenoxy) is 1. The Labute approximate surface area is 202 Å². The van der Waals surface area contributed by atoms with Crippen molar-refractivity contribution >= 4 is 28.8 Å². The van der Waals surface area contributed by atoms with E-state index in [2.05, 4.69) is 0 Å². The number of rotatable bonds is 5. The molecule has 4 rings (SSSR count). The molecule has 1 fully saturated rings. The lowest BCUT2D eigenvalue weighted by molar-refractivity contribution is -0.384. The molecule has 8 nitrogen and oxygen atoms in total. The summed E-state index contributed by atoms with van der Waals surface area (Å²) in [6.45, 7) is 0. The number of nitro groups is 1. The van der Waals surface area contributed by atoms with Gasteiger partial charge in [-0.25, -0.2) is 0 Å². The van der Waals surface area contributed by atoms with Crippen LogP contribution in [0.25, 0.3) is 5.76 Å². The fraction of sp³-hybridized carbons (Fsp3) is 0.120. The molecular formula is C25H17F3N2O6. The number of hydrogen-bond acceptors (Lipinski definition) is 6. The number of alkyl halides is 3. The molecule has 3 aromatic carbocycles. The molecule has 1 amide bonds. The molecule has 0 bridgehead atoms. The highest BCUT2D eigenvalue weighted by Gasteiger charge is 2.47. The van der Waals surface area contributed by atoms with Gasteiger partial charge in [-0.15, -0.1) is 0 Å². The number of ketones is 1. The van der Waals surface area contributed by atoms with Crippen LogP contribution in [0.2, 0.25) is 0 Å². The number of halogens is 3. The first-order valence-corrected chi connectivity index (χ1v) is 10.4. The third-order valence-electron chi connectivity index (χ3n) is 5.66. The molecular weight excluding hydrogens is 481 g/mol. The van der Waals surface area contributed by atoms with Gasteiger partial charge in [0.1, 0.15) is 11.5 Å². The average molecular weight is 498 g/mol. The first kappa shape index (κ1) is 24.5. The number of methoxy groups -OCH3 is 1. The Morgan fingerprint density at radius 3 is 2.31 bits per heavy atom. The highest BCUT2D eigenvalue weighted by Crippen LogP contribution is 2.44. The van der Waals surface area contributed by atoms with E-state index >= 15 is 0 Å². The number of hydrogen-bond donors (Lipinski definition) is 1. The number of benzene rings is 3. The maximum Gasteiger partial charge on any atom is 0.416 e. The molecule has 1 N–H and O–H groups in total. The van der Waals surface area contributed by atoms with E-state index in [0.29, 0.717) is 5.75 Å². The number of carbonyl (C=O) groups excluding carboxylic acids is 2. The number of carbonyl (C=O) groups is 2. The average Bonchev–Trinajstić information content (AvgIpc) is 3.13. The predicted octanol–water partition coefficient (Wildman–Crippen LogP) is 5.25. The third-order valence-corrected chi connectivity index (χ3v) is 5.66. The quantitative estimate of drug-likeness (QED) is 0.169. The van der Waals surface area contributed by atoms with E-state index in [4.69, 9.17) is 4.74 Å². The minimum absolute atomic E-state index is 0.00976. The lowest BCUT2D eigenvalue weighted by Crippen LogP contribution is -2.29. The Balaban J connectivity index is 1.94. The Morgan fingerprint density at radius 2 is 1.69 bits per heavy atom. The van der Waals surface area contributed by atoms with Crippen molar-refractivity contribution in [3.63, 3.8) is 0 Å². The molecule has 0 spiro atoms. The van der Waals surface area contributed by atoms with E-state index in [-0.39, 0.29) is 28.1 Å². The van der Waals surface area contributed by atoms with E-state index in [1.807, 2.05) is 0 Å². The highest BCUT2D eigenvalue weighted by molar-refractivity contribution is 6.51. The number of nitro benzene ring substituents is 1. The molecule has 1 aliphatic rings. The molecule has 0 aliphatic carbocycles.